The van der Waals surface area contributed by atoms with Gasteiger partial charge in [0.2, 0.25) is 0 Å². The molecule has 4 nitrogen and oxygen atoms in total. The molecule has 1 aliphatic rings. The Morgan fingerprint density at radius 2 is 2.26 bits per heavy atom. The van der Waals surface area contributed by atoms with E-state index in [4.69, 9.17) is 0 Å². The fourth-order valence-electron chi connectivity index (χ4n) is 2.36. The minimum atomic E-state index is -1.77. The molecule has 2 rings (SSSR count). The number of anilines is 1. The molecule has 1 N–H and O–H groups in total. The summed E-state index contributed by atoms with van der Waals surface area (Å²) in [6.45, 7) is 5.27. The Morgan fingerprint density at radius 3 is 2.84 bits per heavy atom. The number of carbonyl (C=O) groups is 2. The molecule has 0 radical (unpaired) electrons. The van der Waals surface area contributed by atoms with E-state index < -0.39 is 11.5 Å². The average molecular weight is 324 g/mol. The summed E-state index contributed by atoms with van der Waals surface area (Å²) in [6, 6.07) is 5.22. The first-order valence-corrected chi connectivity index (χ1v) is 6.64. The monoisotopic (exact) mass is 323 g/mol. The van der Waals surface area contributed by atoms with Gasteiger partial charge in [0, 0.05) is 23.0 Å². The van der Waals surface area contributed by atoms with Gasteiger partial charge in [-0.2, -0.15) is 0 Å². The van der Waals surface area contributed by atoms with Gasteiger partial charge < -0.3 is 10.0 Å². The zero-order valence-electron chi connectivity index (χ0n) is 10.5. The van der Waals surface area contributed by atoms with E-state index in [-0.39, 0.29) is 12.2 Å². The average Bonchev–Trinajstić information content (AvgIpc) is 2.51. The number of halogens is 1. The summed E-state index contributed by atoms with van der Waals surface area (Å²) >= 11 is 3.32. The van der Waals surface area contributed by atoms with Crippen LogP contribution in [0, 0.1) is 0 Å². The van der Waals surface area contributed by atoms with Crippen LogP contribution < -0.4 is 4.90 Å². The Labute approximate surface area is 119 Å². The number of nitrogens with zero attached hydrogens (tertiary/aromatic N) is 1. The summed E-state index contributed by atoms with van der Waals surface area (Å²) in [7, 11) is 0. The van der Waals surface area contributed by atoms with Crippen molar-refractivity contribution in [3.05, 3.63) is 40.9 Å². The number of hydrogen-bond acceptors (Lipinski definition) is 3. The predicted octanol–water partition coefficient (Wildman–Crippen LogP) is 2.15. The first-order chi connectivity index (χ1) is 8.90. The van der Waals surface area contributed by atoms with Crippen LogP contribution >= 0.6 is 15.9 Å². The van der Waals surface area contributed by atoms with E-state index in [0.29, 0.717) is 17.8 Å². The lowest BCUT2D eigenvalue weighted by atomic mass is 9.90. The Hall–Kier alpha value is -1.46. The van der Waals surface area contributed by atoms with Crippen LogP contribution in [0.3, 0.4) is 0 Å². The van der Waals surface area contributed by atoms with Crippen LogP contribution in [0.1, 0.15) is 18.9 Å². The third-order valence-corrected chi connectivity index (χ3v) is 3.60. The van der Waals surface area contributed by atoms with Gasteiger partial charge in [0.05, 0.1) is 5.69 Å². The number of carbonyl (C=O) groups excluding carboxylic acids is 2. The van der Waals surface area contributed by atoms with Crippen molar-refractivity contribution in [2.24, 2.45) is 0 Å². The van der Waals surface area contributed by atoms with Crippen LogP contribution in [0.5, 0.6) is 0 Å². The molecule has 0 spiro atoms. The highest BCUT2D eigenvalue weighted by molar-refractivity contribution is 9.10. The summed E-state index contributed by atoms with van der Waals surface area (Å²) in [5, 5.41) is 10.6. The van der Waals surface area contributed by atoms with Gasteiger partial charge in [-0.3, -0.25) is 9.59 Å². The predicted molar refractivity (Wildman–Crippen MR) is 75.9 cm³/mol. The van der Waals surface area contributed by atoms with Crippen molar-refractivity contribution in [3.63, 3.8) is 0 Å². The topological polar surface area (TPSA) is 57.6 Å². The van der Waals surface area contributed by atoms with Crippen LogP contribution in [-0.2, 0) is 15.2 Å². The maximum absolute atomic E-state index is 12.4. The Balaban J connectivity index is 2.59. The number of fused-ring (bicyclic) bond motifs is 1. The summed E-state index contributed by atoms with van der Waals surface area (Å²) in [5.41, 5.74) is -0.686. The number of benzene rings is 1. The van der Waals surface area contributed by atoms with Crippen molar-refractivity contribution < 1.29 is 14.7 Å². The lowest BCUT2D eigenvalue weighted by molar-refractivity contribution is -0.141. The fraction of sp³-hybridized carbons (Fsp3) is 0.286. The minimum absolute atomic E-state index is 0.219. The third kappa shape index (κ3) is 2.24. The molecule has 1 aromatic rings. The van der Waals surface area contributed by atoms with Crippen molar-refractivity contribution in [2.45, 2.75) is 18.9 Å². The van der Waals surface area contributed by atoms with E-state index in [1.807, 2.05) is 0 Å². The van der Waals surface area contributed by atoms with Crippen molar-refractivity contribution in [1.82, 2.24) is 0 Å². The second-order valence-corrected chi connectivity index (χ2v) is 5.52. The van der Waals surface area contributed by atoms with Crippen LogP contribution in [0.4, 0.5) is 5.69 Å². The molecule has 0 bridgehead atoms. The van der Waals surface area contributed by atoms with Crippen molar-refractivity contribution in [2.75, 3.05) is 11.4 Å². The molecule has 5 heteroatoms. The van der Waals surface area contributed by atoms with E-state index in [2.05, 4.69) is 22.5 Å². The lowest BCUT2D eigenvalue weighted by Crippen LogP contribution is -2.41. The van der Waals surface area contributed by atoms with Gasteiger partial charge in [-0.1, -0.05) is 22.0 Å². The molecule has 100 valence electrons. The highest BCUT2D eigenvalue weighted by atomic mass is 79.9. The van der Waals surface area contributed by atoms with E-state index >= 15 is 0 Å². The molecule has 0 aromatic heterocycles. The molecular weight excluding hydrogens is 310 g/mol. The summed E-state index contributed by atoms with van der Waals surface area (Å²) < 4.78 is 0.751. The summed E-state index contributed by atoms with van der Waals surface area (Å²) in [4.78, 5) is 25.2. The van der Waals surface area contributed by atoms with Crippen LogP contribution in [0.2, 0.25) is 0 Å². The molecule has 19 heavy (non-hydrogen) atoms. The lowest BCUT2D eigenvalue weighted by Gasteiger charge is -2.21. The highest BCUT2D eigenvalue weighted by Crippen LogP contribution is 2.43. The molecule has 1 amide bonds. The minimum Gasteiger partial charge on any atom is -0.375 e. The van der Waals surface area contributed by atoms with Gasteiger partial charge in [0.1, 0.15) is 5.78 Å². The second kappa shape index (κ2) is 4.90. The van der Waals surface area contributed by atoms with Crippen LogP contribution in [0.25, 0.3) is 0 Å². The zero-order chi connectivity index (χ0) is 14.2. The molecule has 0 fully saturated rings. The Kier molecular flexibility index (Phi) is 3.60. The van der Waals surface area contributed by atoms with Gasteiger partial charge in [-0.05, 0) is 25.1 Å². The highest BCUT2D eigenvalue weighted by Gasteiger charge is 2.50. The number of hydrogen-bond donors (Lipinski definition) is 1. The van der Waals surface area contributed by atoms with Crippen molar-refractivity contribution >= 4 is 33.3 Å². The smallest absolute Gasteiger partial charge is 0.264 e. The van der Waals surface area contributed by atoms with E-state index in [1.165, 1.54) is 11.8 Å². The number of Topliss-reactive ketones (excluding diaryl/α,β-unsaturated/α-hetero) is 1. The maximum atomic E-state index is 12.4. The first-order valence-electron chi connectivity index (χ1n) is 5.85. The quantitative estimate of drug-likeness (QED) is 0.864. The molecule has 1 heterocycles. The normalized spacial score (nSPS) is 21.4. The number of aliphatic hydroxyl groups is 1. The number of rotatable bonds is 4. The van der Waals surface area contributed by atoms with E-state index in [1.54, 1.807) is 24.3 Å². The van der Waals surface area contributed by atoms with Gasteiger partial charge in [-0.15, -0.1) is 6.58 Å². The first kappa shape index (κ1) is 14.0. The molecule has 0 unspecified atom stereocenters. The van der Waals surface area contributed by atoms with Gasteiger partial charge in [0.25, 0.3) is 5.91 Å². The standard InChI is InChI=1S/C14H14BrNO3/c1-3-6-16-12-5-4-10(15)7-11(12)14(19,13(16)18)8-9(2)17/h3-5,7,19H,1,6,8H2,2H3/t14-/m0/s1. The Morgan fingerprint density at radius 1 is 1.58 bits per heavy atom. The van der Waals surface area contributed by atoms with Crippen molar-refractivity contribution in [3.8, 4) is 0 Å². The Bertz CT molecular complexity index is 570. The van der Waals surface area contributed by atoms with Crippen LogP contribution in [0.15, 0.2) is 35.3 Å². The molecule has 0 saturated heterocycles. The van der Waals surface area contributed by atoms with E-state index in [9.17, 15) is 14.7 Å². The largest absolute Gasteiger partial charge is 0.375 e. The maximum Gasteiger partial charge on any atom is 0.264 e. The molecular formula is C14H14BrNO3. The number of amides is 1. The van der Waals surface area contributed by atoms with Gasteiger partial charge >= 0.3 is 0 Å². The second-order valence-electron chi connectivity index (χ2n) is 4.60. The molecule has 1 atom stereocenters. The fourth-order valence-corrected chi connectivity index (χ4v) is 2.73. The van der Waals surface area contributed by atoms with E-state index in [0.717, 1.165) is 4.47 Å². The van der Waals surface area contributed by atoms with Crippen LogP contribution in [-0.4, -0.2) is 23.3 Å². The zero-order valence-corrected chi connectivity index (χ0v) is 12.1. The van der Waals surface area contributed by atoms with Crippen molar-refractivity contribution in [1.29, 1.82) is 0 Å². The SMILES string of the molecule is C=CCN1C(=O)[C@](O)(CC(C)=O)c2cc(Br)ccc21. The summed E-state index contributed by atoms with van der Waals surface area (Å²) in [6.07, 6.45) is 1.37. The molecule has 0 saturated carbocycles. The van der Waals surface area contributed by atoms with Gasteiger partial charge in [-0.25, -0.2) is 0 Å². The molecule has 1 aliphatic heterocycles. The summed E-state index contributed by atoms with van der Waals surface area (Å²) in [5.74, 6) is -0.710. The molecule has 1 aromatic carbocycles. The number of ketones is 1. The third-order valence-electron chi connectivity index (χ3n) is 3.11. The van der Waals surface area contributed by atoms with Gasteiger partial charge in [0.15, 0.2) is 5.60 Å². The molecule has 0 aliphatic carbocycles.